The van der Waals surface area contributed by atoms with Crippen molar-refractivity contribution in [2.45, 2.75) is 45.2 Å². The number of carbonyl (C=O) groups excluding carboxylic acids is 2. The Labute approximate surface area is 174 Å². The second kappa shape index (κ2) is 10.4. The second-order valence-corrected chi connectivity index (χ2v) is 7.42. The van der Waals surface area contributed by atoms with E-state index < -0.39 is 36.4 Å². The van der Waals surface area contributed by atoms with Crippen molar-refractivity contribution in [3.63, 3.8) is 0 Å². The number of benzene rings is 2. The van der Waals surface area contributed by atoms with E-state index in [2.05, 4.69) is 10.6 Å². The van der Waals surface area contributed by atoms with E-state index in [0.29, 0.717) is 6.42 Å². The van der Waals surface area contributed by atoms with Crippen molar-refractivity contribution in [1.29, 1.82) is 0 Å². The first-order valence-electron chi connectivity index (χ1n) is 9.70. The molecule has 2 atom stereocenters. The molecule has 0 saturated carbocycles. The molecule has 0 fully saturated rings. The molecule has 0 spiro atoms. The Kier molecular flexibility index (Phi) is 7.91. The number of hydrogen-bond acceptors (Lipinski definition) is 4. The van der Waals surface area contributed by atoms with Crippen molar-refractivity contribution in [3.05, 3.63) is 48.0 Å². The average molecular weight is 414 g/mol. The summed E-state index contributed by atoms with van der Waals surface area (Å²) in [6, 6.07) is 11.2. The van der Waals surface area contributed by atoms with Crippen molar-refractivity contribution >= 4 is 34.5 Å². The van der Waals surface area contributed by atoms with E-state index in [9.17, 15) is 19.2 Å². The molecule has 0 aliphatic heterocycles. The molecule has 8 heteroatoms. The van der Waals surface area contributed by atoms with E-state index in [0.717, 1.165) is 16.3 Å². The van der Waals surface area contributed by atoms with Crippen LogP contribution in [0.2, 0.25) is 0 Å². The molecule has 0 aliphatic rings. The van der Waals surface area contributed by atoms with E-state index in [1.165, 1.54) is 0 Å². The number of rotatable bonds is 10. The number of nitrogens with one attached hydrogen (secondary N) is 2. The summed E-state index contributed by atoms with van der Waals surface area (Å²) in [7, 11) is 0. The van der Waals surface area contributed by atoms with Crippen LogP contribution in [-0.2, 0) is 25.6 Å². The van der Waals surface area contributed by atoms with Crippen LogP contribution < -0.4 is 10.6 Å². The molecule has 2 aromatic carbocycles. The summed E-state index contributed by atoms with van der Waals surface area (Å²) in [5.41, 5.74) is 1.01. The molecular formula is C22H26N2O6. The van der Waals surface area contributed by atoms with Gasteiger partial charge < -0.3 is 20.8 Å². The Morgan fingerprint density at radius 3 is 2.23 bits per heavy atom. The largest absolute Gasteiger partial charge is 0.481 e. The van der Waals surface area contributed by atoms with Gasteiger partial charge in [0.25, 0.3) is 0 Å². The van der Waals surface area contributed by atoms with Crippen LogP contribution in [0.25, 0.3) is 10.8 Å². The van der Waals surface area contributed by atoms with Crippen LogP contribution in [0.1, 0.15) is 32.3 Å². The van der Waals surface area contributed by atoms with Crippen molar-refractivity contribution < 1.29 is 29.4 Å². The van der Waals surface area contributed by atoms with E-state index in [1.807, 2.05) is 42.5 Å². The average Bonchev–Trinajstić information content (AvgIpc) is 2.69. The lowest BCUT2D eigenvalue weighted by molar-refractivity contribution is -0.147. The van der Waals surface area contributed by atoms with Gasteiger partial charge in [-0.05, 0) is 28.7 Å². The minimum Gasteiger partial charge on any atom is -0.481 e. The number of aliphatic carboxylic acids is 2. The quantitative estimate of drug-likeness (QED) is 0.470. The maximum atomic E-state index is 12.5. The van der Waals surface area contributed by atoms with E-state index in [1.54, 1.807) is 13.8 Å². The topological polar surface area (TPSA) is 133 Å². The lowest BCUT2D eigenvalue weighted by atomic mass is 9.99. The monoisotopic (exact) mass is 414 g/mol. The summed E-state index contributed by atoms with van der Waals surface area (Å²) in [6.45, 7) is 3.42. The molecule has 8 nitrogen and oxygen atoms in total. The molecule has 2 rings (SSSR count). The number of fused-ring (bicyclic) bond motifs is 1. The smallest absolute Gasteiger partial charge is 0.326 e. The first-order valence-corrected chi connectivity index (χ1v) is 9.70. The number of hydrogen-bond donors (Lipinski definition) is 4. The van der Waals surface area contributed by atoms with Crippen LogP contribution in [0.15, 0.2) is 42.5 Å². The molecule has 0 aliphatic carbocycles. The summed E-state index contributed by atoms with van der Waals surface area (Å²) in [5, 5.41) is 24.9. The van der Waals surface area contributed by atoms with Gasteiger partial charge in [0.2, 0.25) is 11.8 Å². The zero-order valence-corrected chi connectivity index (χ0v) is 16.9. The molecular weight excluding hydrogens is 388 g/mol. The summed E-state index contributed by atoms with van der Waals surface area (Å²) in [6.07, 6.45) is -0.112. The Morgan fingerprint density at radius 2 is 1.60 bits per heavy atom. The Morgan fingerprint density at radius 1 is 0.933 bits per heavy atom. The Bertz CT molecular complexity index is 935. The maximum absolute atomic E-state index is 12.5. The fourth-order valence-corrected chi connectivity index (χ4v) is 3.18. The van der Waals surface area contributed by atoms with Gasteiger partial charge in [0.05, 0.1) is 6.42 Å². The maximum Gasteiger partial charge on any atom is 0.326 e. The summed E-state index contributed by atoms with van der Waals surface area (Å²) < 4.78 is 0. The molecule has 4 N–H and O–H groups in total. The minimum atomic E-state index is -1.57. The number of amides is 2. The lowest BCUT2D eigenvalue weighted by Crippen LogP contribution is -2.54. The molecule has 0 unspecified atom stereocenters. The van der Waals surface area contributed by atoms with E-state index in [4.69, 9.17) is 10.2 Å². The standard InChI is InChI=1S/C22H26N2O6/c1-13(2)20(21(28)23-17(22(29)30)12-19(26)27)24-18(25)11-10-15-8-5-7-14-6-3-4-9-16(14)15/h3-9,13,17,20H,10-12H2,1-2H3,(H,23,28)(H,24,25)(H,26,27)(H,29,30)/t17-,20-/m0/s1. The highest BCUT2D eigenvalue weighted by Gasteiger charge is 2.29. The van der Waals surface area contributed by atoms with Crippen LogP contribution in [0.5, 0.6) is 0 Å². The van der Waals surface area contributed by atoms with Gasteiger partial charge in [-0.1, -0.05) is 56.3 Å². The highest BCUT2D eigenvalue weighted by Crippen LogP contribution is 2.19. The van der Waals surface area contributed by atoms with Crippen LogP contribution in [0, 0.1) is 5.92 Å². The molecule has 0 saturated heterocycles. The molecule has 0 heterocycles. The van der Waals surface area contributed by atoms with Crippen molar-refractivity contribution in [2.75, 3.05) is 0 Å². The van der Waals surface area contributed by atoms with Crippen LogP contribution in [-0.4, -0.2) is 46.0 Å². The third-order valence-electron chi connectivity index (χ3n) is 4.76. The Hall–Kier alpha value is -3.42. The zero-order chi connectivity index (χ0) is 22.3. The van der Waals surface area contributed by atoms with Crippen LogP contribution >= 0.6 is 0 Å². The molecule has 0 bridgehead atoms. The van der Waals surface area contributed by atoms with Gasteiger partial charge in [-0.3, -0.25) is 14.4 Å². The fourth-order valence-electron chi connectivity index (χ4n) is 3.18. The molecule has 2 aromatic rings. The zero-order valence-electron chi connectivity index (χ0n) is 16.9. The van der Waals surface area contributed by atoms with Gasteiger partial charge in [0.15, 0.2) is 0 Å². The molecule has 0 radical (unpaired) electrons. The van der Waals surface area contributed by atoms with Gasteiger partial charge in [0.1, 0.15) is 12.1 Å². The minimum absolute atomic E-state index is 0.155. The lowest BCUT2D eigenvalue weighted by Gasteiger charge is -2.23. The first kappa shape index (κ1) is 22.9. The highest BCUT2D eigenvalue weighted by atomic mass is 16.4. The van der Waals surface area contributed by atoms with E-state index >= 15 is 0 Å². The van der Waals surface area contributed by atoms with Crippen molar-refractivity contribution in [3.8, 4) is 0 Å². The summed E-state index contributed by atoms with van der Waals surface area (Å²) >= 11 is 0. The number of carboxylic acid groups (broad SMARTS) is 2. The first-order chi connectivity index (χ1) is 14.2. The van der Waals surface area contributed by atoms with Crippen LogP contribution in [0.4, 0.5) is 0 Å². The SMILES string of the molecule is CC(C)[C@H](NC(=O)CCc1cccc2ccccc12)C(=O)N[C@@H](CC(=O)O)C(=O)O. The normalized spacial score (nSPS) is 12.9. The number of carboxylic acids is 2. The molecule has 2 amide bonds. The van der Waals surface area contributed by atoms with Gasteiger partial charge in [-0.2, -0.15) is 0 Å². The second-order valence-electron chi connectivity index (χ2n) is 7.42. The van der Waals surface area contributed by atoms with Gasteiger partial charge in [0, 0.05) is 6.42 Å². The van der Waals surface area contributed by atoms with Gasteiger partial charge in [-0.15, -0.1) is 0 Å². The van der Waals surface area contributed by atoms with Gasteiger partial charge in [-0.25, -0.2) is 4.79 Å². The molecule has 30 heavy (non-hydrogen) atoms. The van der Waals surface area contributed by atoms with E-state index in [-0.39, 0.29) is 18.2 Å². The van der Waals surface area contributed by atoms with Gasteiger partial charge >= 0.3 is 11.9 Å². The van der Waals surface area contributed by atoms with Crippen molar-refractivity contribution in [1.82, 2.24) is 10.6 Å². The predicted octanol–water partition coefficient (Wildman–Crippen LogP) is 1.96. The number of carbonyl (C=O) groups is 4. The number of aryl methyl sites for hydroxylation is 1. The third-order valence-corrected chi connectivity index (χ3v) is 4.76. The fraction of sp³-hybridized carbons (Fsp3) is 0.364. The molecule has 160 valence electrons. The summed E-state index contributed by atoms with van der Waals surface area (Å²) in [4.78, 5) is 46.9. The predicted molar refractivity (Wildman–Crippen MR) is 111 cm³/mol. The van der Waals surface area contributed by atoms with Crippen LogP contribution in [0.3, 0.4) is 0 Å². The van der Waals surface area contributed by atoms with Crippen molar-refractivity contribution in [2.24, 2.45) is 5.92 Å². The highest BCUT2D eigenvalue weighted by molar-refractivity contribution is 5.92. The Balaban J connectivity index is 2.01. The third kappa shape index (κ3) is 6.30. The molecule has 0 aromatic heterocycles. The summed E-state index contributed by atoms with van der Waals surface area (Å²) in [5.74, 6) is -4.18.